The molecule has 0 radical (unpaired) electrons. The summed E-state index contributed by atoms with van der Waals surface area (Å²) in [6.07, 6.45) is 3.41. The fourth-order valence-electron chi connectivity index (χ4n) is 2.76. The molecular formula is C21H21N3O6. The number of hydrogen-bond acceptors (Lipinski definition) is 7. The van der Waals surface area contributed by atoms with Gasteiger partial charge in [0.25, 0.3) is 0 Å². The van der Waals surface area contributed by atoms with Gasteiger partial charge in [-0.2, -0.15) is 5.10 Å². The van der Waals surface area contributed by atoms with Crippen LogP contribution in [0.25, 0.3) is 0 Å². The summed E-state index contributed by atoms with van der Waals surface area (Å²) in [6.45, 7) is 3.95. The van der Waals surface area contributed by atoms with Crippen molar-refractivity contribution in [3.05, 3.63) is 59.7 Å². The first-order valence-corrected chi connectivity index (χ1v) is 9.02. The molecule has 0 atom stereocenters. The maximum Gasteiger partial charge on any atom is 0.329 e. The number of allylic oxidation sites excluding steroid dienone is 1. The lowest BCUT2D eigenvalue weighted by atomic mass is 10.1. The molecule has 30 heavy (non-hydrogen) atoms. The van der Waals surface area contributed by atoms with E-state index in [2.05, 4.69) is 22.4 Å². The number of phenols is 1. The van der Waals surface area contributed by atoms with E-state index in [4.69, 9.17) is 14.2 Å². The summed E-state index contributed by atoms with van der Waals surface area (Å²) < 4.78 is 15.6. The molecular weight excluding hydrogens is 390 g/mol. The summed E-state index contributed by atoms with van der Waals surface area (Å²) in [6, 6.07) is 8.47. The van der Waals surface area contributed by atoms with E-state index >= 15 is 0 Å². The molecule has 1 aliphatic rings. The van der Waals surface area contributed by atoms with Crippen molar-refractivity contribution in [3.63, 3.8) is 0 Å². The molecule has 0 saturated heterocycles. The summed E-state index contributed by atoms with van der Waals surface area (Å²) in [4.78, 5) is 23.9. The van der Waals surface area contributed by atoms with Gasteiger partial charge in [0.2, 0.25) is 6.79 Å². The van der Waals surface area contributed by atoms with Crippen LogP contribution in [0, 0.1) is 0 Å². The topological polar surface area (TPSA) is 118 Å². The van der Waals surface area contributed by atoms with Crippen LogP contribution in [0.15, 0.2) is 48.1 Å². The molecule has 0 spiro atoms. The Labute approximate surface area is 173 Å². The Balaban J connectivity index is 1.55. The highest BCUT2D eigenvalue weighted by Crippen LogP contribution is 2.32. The number of carbonyl (C=O) groups excluding carboxylic acids is 2. The third-order valence-electron chi connectivity index (χ3n) is 4.24. The molecule has 9 nitrogen and oxygen atoms in total. The minimum atomic E-state index is -0.913. The monoisotopic (exact) mass is 411 g/mol. The van der Waals surface area contributed by atoms with Crippen LogP contribution in [0.5, 0.6) is 23.0 Å². The Morgan fingerprint density at radius 1 is 1.23 bits per heavy atom. The predicted molar refractivity (Wildman–Crippen MR) is 109 cm³/mol. The van der Waals surface area contributed by atoms with Crippen LogP contribution >= 0.6 is 0 Å². The second kappa shape index (κ2) is 9.46. The van der Waals surface area contributed by atoms with E-state index in [1.165, 1.54) is 13.3 Å². The van der Waals surface area contributed by atoms with Crippen LogP contribution in [-0.4, -0.2) is 37.0 Å². The number of aromatic hydroxyl groups is 1. The van der Waals surface area contributed by atoms with Crippen LogP contribution < -0.4 is 25.0 Å². The van der Waals surface area contributed by atoms with Gasteiger partial charge in [-0.1, -0.05) is 12.1 Å². The largest absolute Gasteiger partial charge is 0.504 e. The molecule has 0 aliphatic carbocycles. The number of hydrogen-bond donors (Lipinski definition) is 3. The highest BCUT2D eigenvalue weighted by atomic mass is 16.7. The smallest absolute Gasteiger partial charge is 0.329 e. The minimum absolute atomic E-state index is 0.0153. The van der Waals surface area contributed by atoms with Crippen molar-refractivity contribution in [2.75, 3.05) is 13.9 Å². The van der Waals surface area contributed by atoms with E-state index in [0.717, 1.165) is 5.56 Å². The van der Waals surface area contributed by atoms with Crippen LogP contribution in [0.4, 0.5) is 0 Å². The van der Waals surface area contributed by atoms with Crippen LogP contribution in [0.2, 0.25) is 0 Å². The van der Waals surface area contributed by atoms with Crippen molar-refractivity contribution in [1.29, 1.82) is 0 Å². The number of fused-ring (bicyclic) bond motifs is 1. The maximum absolute atomic E-state index is 12.0. The summed E-state index contributed by atoms with van der Waals surface area (Å²) >= 11 is 0. The Morgan fingerprint density at radius 3 is 2.80 bits per heavy atom. The average molecular weight is 411 g/mol. The highest BCUT2D eigenvalue weighted by molar-refractivity contribution is 6.35. The normalized spacial score (nSPS) is 11.9. The Bertz CT molecular complexity index is 1000. The van der Waals surface area contributed by atoms with Crippen molar-refractivity contribution < 1.29 is 28.9 Å². The zero-order valence-corrected chi connectivity index (χ0v) is 16.3. The SMILES string of the molecule is C=CCc1cc(/C=N/NC(=O)C(=O)NCc2ccc3c(c2)OCO3)cc(OC)c1O. The Kier molecular flexibility index (Phi) is 6.53. The number of benzene rings is 2. The molecule has 0 bridgehead atoms. The number of amides is 2. The highest BCUT2D eigenvalue weighted by Gasteiger charge is 2.15. The molecule has 1 heterocycles. The van der Waals surface area contributed by atoms with Crippen LogP contribution in [0.3, 0.4) is 0 Å². The summed E-state index contributed by atoms with van der Waals surface area (Å²) in [5, 5.41) is 16.4. The molecule has 2 aromatic rings. The lowest BCUT2D eigenvalue weighted by molar-refractivity contribution is -0.139. The third-order valence-corrected chi connectivity index (χ3v) is 4.24. The molecule has 0 unspecified atom stereocenters. The van der Waals surface area contributed by atoms with Crippen molar-refractivity contribution in [2.24, 2.45) is 5.10 Å². The molecule has 2 amide bonds. The van der Waals surface area contributed by atoms with Gasteiger partial charge in [-0.05, 0) is 41.8 Å². The summed E-state index contributed by atoms with van der Waals surface area (Å²) in [5.41, 5.74) is 4.09. The number of ether oxygens (including phenoxy) is 3. The van der Waals surface area contributed by atoms with Crippen molar-refractivity contribution >= 4 is 18.0 Å². The van der Waals surface area contributed by atoms with Gasteiger partial charge < -0.3 is 24.6 Å². The first-order valence-electron chi connectivity index (χ1n) is 9.02. The number of rotatable bonds is 7. The molecule has 0 aromatic heterocycles. The number of methoxy groups -OCH3 is 1. The van der Waals surface area contributed by atoms with Gasteiger partial charge in [-0.25, -0.2) is 5.43 Å². The van der Waals surface area contributed by atoms with E-state index in [9.17, 15) is 14.7 Å². The van der Waals surface area contributed by atoms with E-state index in [-0.39, 0.29) is 24.8 Å². The van der Waals surface area contributed by atoms with Crippen LogP contribution in [0.1, 0.15) is 16.7 Å². The first-order chi connectivity index (χ1) is 14.5. The number of carbonyl (C=O) groups is 2. The molecule has 0 saturated carbocycles. The summed E-state index contributed by atoms with van der Waals surface area (Å²) in [5.74, 6) is -0.232. The first kappa shape index (κ1) is 20.7. The molecule has 156 valence electrons. The van der Waals surface area contributed by atoms with Crippen molar-refractivity contribution in [2.45, 2.75) is 13.0 Å². The third kappa shape index (κ3) is 4.88. The van der Waals surface area contributed by atoms with Crippen LogP contribution in [-0.2, 0) is 22.6 Å². The molecule has 3 N–H and O–H groups in total. The number of hydrazone groups is 1. The molecule has 3 rings (SSSR count). The molecule has 0 fully saturated rings. The fraction of sp³-hybridized carbons (Fsp3) is 0.190. The van der Waals surface area contributed by atoms with Gasteiger partial charge in [0.05, 0.1) is 13.3 Å². The van der Waals surface area contributed by atoms with E-state index in [1.54, 1.807) is 36.4 Å². The second-order valence-electron chi connectivity index (χ2n) is 6.29. The average Bonchev–Trinajstić information content (AvgIpc) is 3.22. The standard InChI is InChI=1S/C21H21N3O6/c1-3-4-15-7-14(9-18(28-2)19(15)25)11-23-24-21(27)20(26)22-10-13-5-6-16-17(8-13)30-12-29-16/h3,5-9,11,25H,1,4,10,12H2,2H3,(H,22,26)(H,24,27)/b23-11+. The van der Waals surface area contributed by atoms with E-state index < -0.39 is 11.8 Å². The quantitative estimate of drug-likeness (QED) is 0.276. The number of phenolic OH excluding ortho intramolecular Hbond substituents is 1. The zero-order valence-electron chi connectivity index (χ0n) is 16.3. The van der Waals surface area contributed by atoms with Crippen molar-refractivity contribution in [3.8, 4) is 23.0 Å². The second-order valence-corrected chi connectivity index (χ2v) is 6.29. The maximum atomic E-state index is 12.0. The molecule has 2 aromatic carbocycles. The predicted octanol–water partition coefficient (Wildman–Crippen LogP) is 1.62. The van der Waals surface area contributed by atoms with Gasteiger partial charge in [0.15, 0.2) is 23.0 Å². The van der Waals surface area contributed by atoms with Gasteiger partial charge >= 0.3 is 11.8 Å². The molecule has 9 heteroatoms. The zero-order chi connectivity index (χ0) is 21.5. The van der Waals surface area contributed by atoms with E-state index in [1.807, 2.05) is 0 Å². The van der Waals surface area contributed by atoms with Gasteiger partial charge in [0, 0.05) is 12.1 Å². The van der Waals surface area contributed by atoms with Gasteiger partial charge in [-0.3, -0.25) is 9.59 Å². The van der Waals surface area contributed by atoms with E-state index in [0.29, 0.717) is 29.0 Å². The van der Waals surface area contributed by atoms with Crippen molar-refractivity contribution in [1.82, 2.24) is 10.7 Å². The lowest BCUT2D eigenvalue weighted by Crippen LogP contribution is -2.37. The fourth-order valence-corrected chi connectivity index (χ4v) is 2.76. The summed E-state index contributed by atoms with van der Waals surface area (Å²) in [7, 11) is 1.43. The minimum Gasteiger partial charge on any atom is -0.504 e. The number of nitrogens with one attached hydrogen (secondary N) is 2. The Morgan fingerprint density at radius 2 is 2.03 bits per heavy atom. The van der Waals surface area contributed by atoms with Gasteiger partial charge in [0.1, 0.15) is 0 Å². The lowest BCUT2D eigenvalue weighted by Gasteiger charge is -2.09. The van der Waals surface area contributed by atoms with Gasteiger partial charge in [-0.15, -0.1) is 6.58 Å². The molecule has 1 aliphatic heterocycles. The number of nitrogens with zero attached hydrogens (tertiary/aromatic N) is 1. The Hall–Kier alpha value is -4.01.